The molecule has 0 aliphatic heterocycles. The third-order valence-corrected chi connectivity index (χ3v) is 5.26. The van der Waals surface area contributed by atoms with Gasteiger partial charge in [0.05, 0.1) is 10.6 Å². The minimum atomic E-state index is -1.06. The van der Waals surface area contributed by atoms with Gasteiger partial charge in [-0.1, -0.05) is 27.5 Å². The first-order valence-corrected chi connectivity index (χ1v) is 10.3. The number of oxazole rings is 1. The molecule has 156 valence electrons. The topological polar surface area (TPSA) is 67.2 Å². The van der Waals surface area contributed by atoms with Crippen molar-refractivity contribution in [2.24, 2.45) is 0 Å². The molecular weight excluding hydrogens is 512 g/mol. The minimum absolute atomic E-state index is 0.0272. The second-order valence-corrected chi connectivity index (χ2v) is 8.09. The van der Waals surface area contributed by atoms with E-state index in [0.29, 0.717) is 22.4 Å². The maximum absolute atomic E-state index is 13.6. The van der Waals surface area contributed by atoms with E-state index in [2.05, 4.69) is 31.5 Å². The van der Waals surface area contributed by atoms with Crippen LogP contribution < -0.4 is 10.6 Å². The number of hydrogen-bond donors (Lipinski definition) is 2. The fourth-order valence-corrected chi connectivity index (χ4v) is 3.45. The minimum Gasteiger partial charge on any atom is -0.436 e. The average Bonchev–Trinajstić information content (AvgIpc) is 3.14. The summed E-state index contributed by atoms with van der Waals surface area (Å²) in [5.74, 6) is -2.43. The van der Waals surface area contributed by atoms with Crippen LogP contribution in [0.3, 0.4) is 0 Å². The third-order valence-electron chi connectivity index (χ3n) is 4.22. The summed E-state index contributed by atoms with van der Waals surface area (Å²) in [4.78, 5) is 16.5. The summed E-state index contributed by atoms with van der Waals surface area (Å²) in [5.41, 5.74) is 1.97. The number of nitrogens with zero attached hydrogens (tertiary/aromatic N) is 1. The molecule has 31 heavy (non-hydrogen) atoms. The molecule has 0 unspecified atom stereocenters. The molecule has 0 saturated heterocycles. The van der Waals surface area contributed by atoms with Crippen LogP contribution in [0.2, 0.25) is 5.02 Å². The van der Waals surface area contributed by atoms with Crippen molar-refractivity contribution in [1.29, 1.82) is 0 Å². The molecule has 0 atom stereocenters. The molecule has 1 heterocycles. The number of rotatable bonds is 3. The molecule has 4 rings (SSSR count). The molecule has 0 radical (unpaired) electrons. The van der Waals surface area contributed by atoms with E-state index in [0.717, 1.165) is 16.6 Å². The first-order valence-electron chi connectivity index (χ1n) is 8.73. The first-order chi connectivity index (χ1) is 14.8. The van der Waals surface area contributed by atoms with Crippen molar-refractivity contribution in [2.75, 3.05) is 5.32 Å². The predicted octanol–water partition coefficient (Wildman–Crippen LogP) is 6.32. The van der Waals surface area contributed by atoms with E-state index >= 15 is 0 Å². The van der Waals surface area contributed by atoms with Crippen molar-refractivity contribution in [3.63, 3.8) is 0 Å². The monoisotopic (exact) mass is 521 g/mol. The lowest BCUT2D eigenvalue weighted by atomic mass is 10.2. The van der Waals surface area contributed by atoms with Gasteiger partial charge in [-0.15, -0.1) is 0 Å². The first kappa shape index (κ1) is 21.4. The summed E-state index contributed by atoms with van der Waals surface area (Å²) < 4.78 is 33.4. The molecule has 1 amide bonds. The summed E-state index contributed by atoms with van der Waals surface area (Å²) in [6.45, 7) is 0. The molecule has 0 aliphatic carbocycles. The van der Waals surface area contributed by atoms with Gasteiger partial charge in [-0.25, -0.2) is 13.8 Å². The summed E-state index contributed by atoms with van der Waals surface area (Å²) in [7, 11) is 0. The van der Waals surface area contributed by atoms with E-state index in [1.807, 2.05) is 0 Å². The molecule has 0 bridgehead atoms. The number of anilines is 1. The number of benzene rings is 3. The van der Waals surface area contributed by atoms with Gasteiger partial charge < -0.3 is 9.73 Å². The van der Waals surface area contributed by atoms with Crippen molar-refractivity contribution >= 4 is 67.6 Å². The quantitative estimate of drug-likeness (QED) is 0.244. The van der Waals surface area contributed by atoms with Crippen LogP contribution in [0.4, 0.5) is 14.5 Å². The number of amides is 1. The summed E-state index contributed by atoms with van der Waals surface area (Å²) in [5, 5.41) is 5.56. The van der Waals surface area contributed by atoms with Crippen LogP contribution in [0.5, 0.6) is 0 Å². The van der Waals surface area contributed by atoms with Crippen molar-refractivity contribution in [3.05, 3.63) is 81.3 Å². The Labute approximate surface area is 193 Å². The van der Waals surface area contributed by atoms with Gasteiger partial charge >= 0.3 is 0 Å². The molecule has 5 nitrogen and oxygen atoms in total. The molecule has 3 aromatic carbocycles. The Bertz CT molecular complexity index is 1330. The maximum atomic E-state index is 13.6. The standard InChI is InChI=1S/C21H11BrClF2N3O2S/c22-11-3-1-10(2-4-11)19(29)28-21(31)26-12-5-6-18-17(7-12)27-20(30-18)13-8-15(24)16(25)9-14(13)23/h1-9H,(H2,26,28,29,31). The lowest BCUT2D eigenvalue weighted by Crippen LogP contribution is -2.34. The van der Waals surface area contributed by atoms with E-state index in [1.165, 1.54) is 0 Å². The van der Waals surface area contributed by atoms with Crippen molar-refractivity contribution in [2.45, 2.75) is 0 Å². The van der Waals surface area contributed by atoms with E-state index in [4.69, 9.17) is 28.2 Å². The van der Waals surface area contributed by atoms with Gasteiger partial charge in [0.1, 0.15) is 5.52 Å². The highest BCUT2D eigenvalue weighted by atomic mass is 79.9. The van der Waals surface area contributed by atoms with Crippen molar-refractivity contribution in [1.82, 2.24) is 10.3 Å². The smallest absolute Gasteiger partial charge is 0.257 e. The van der Waals surface area contributed by atoms with Gasteiger partial charge in [0.25, 0.3) is 5.91 Å². The fourth-order valence-electron chi connectivity index (χ4n) is 2.75. The lowest BCUT2D eigenvalue weighted by molar-refractivity contribution is 0.0977. The lowest BCUT2D eigenvalue weighted by Gasteiger charge is -2.09. The van der Waals surface area contributed by atoms with Crippen molar-refractivity contribution in [3.8, 4) is 11.5 Å². The van der Waals surface area contributed by atoms with Crippen molar-refractivity contribution < 1.29 is 18.0 Å². The normalized spacial score (nSPS) is 10.8. The Morgan fingerprint density at radius 3 is 2.52 bits per heavy atom. The zero-order chi connectivity index (χ0) is 22.1. The number of nitrogens with one attached hydrogen (secondary N) is 2. The van der Waals surface area contributed by atoms with Crippen LogP contribution in [0.15, 0.2) is 63.5 Å². The molecule has 0 saturated carbocycles. The second-order valence-electron chi connectivity index (χ2n) is 6.36. The molecule has 4 aromatic rings. The van der Waals surface area contributed by atoms with E-state index in [9.17, 15) is 13.6 Å². The molecule has 2 N–H and O–H groups in total. The van der Waals surface area contributed by atoms with Crippen LogP contribution in [0, 0.1) is 11.6 Å². The number of carbonyl (C=O) groups is 1. The molecular formula is C21H11BrClF2N3O2S. The molecule has 10 heteroatoms. The Kier molecular flexibility index (Phi) is 5.99. The number of aromatic nitrogens is 1. The van der Waals surface area contributed by atoms with Gasteiger partial charge in [0, 0.05) is 15.7 Å². The number of thiocarbonyl (C=S) groups is 1. The Hall–Kier alpha value is -2.88. The van der Waals surface area contributed by atoms with Crippen LogP contribution >= 0.6 is 39.7 Å². The van der Waals surface area contributed by atoms with Gasteiger partial charge in [0.2, 0.25) is 5.89 Å². The molecule has 0 fully saturated rings. The summed E-state index contributed by atoms with van der Waals surface area (Å²) >= 11 is 14.5. The van der Waals surface area contributed by atoms with Gasteiger partial charge in [0.15, 0.2) is 22.3 Å². The van der Waals surface area contributed by atoms with Gasteiger partial charge in [-0.3, -0.25) is 10.1 Å². The Morgan fingerprint density at radius 2 is 1.77 bits per heavy atom. The van der Waals surface area contributed by atoms with Crippen LogP contribution in [-0.2, 0) is 0 Å². The number of halogens is 4. The fraction of sp³-hybridized carbons (Fsp3) is 0. The second kappa shape index (κ2) is 8.70. The van der Waals surface area contributed by atoms with Crippen LogP contribution in [0.25, 0.3) is 22.6 Å². The predicted molar refractivity (Wildman–Crippen MR) is 122 cm³/mol. The van der Waals surface area contributed by atoms with E-state index in [1.54, 1.807) is 42.5 Å². The van der Waals surface area contributed by atoms with Gasteiger partial charge in [-0.05, 0) is 66.8 Å². The Morgan fingerprint density at radius 1 is 1.06 bits per heavy atom. The largest absolute Gasteiger partial charge is 0.436 e. The summed E-state index contributed by atoms with van der Waals surface area (Å²) in [6, 6.07) is 13.5. The third kappa shape index (κ3) is 4.73. The highest BCUT2D eigenvalue weighted by Crippen LogP contribution is 2.32. The summed E-state index contributed by atoms with van der Waals surface area (Å²) in [6.07, 6.45) is 0. The van der Waals surface area contributed by atoms with Crippen LogP contribution in [0.1, 0.15) is 10.4 Å². The average molecular weight is 523 g/mol. The SMILES string of the molecule is O=C(NC(=S)Nc1ccc2oc(-c3cc(F)c(F)cc3Cl)nc2c1)c1ccc(Br)cc1. The van der Waals surface area contributed by atoms with E-state index in [-0.39, 0.29) is 27.5 Å². The van der Waals surface area contributed by atoms with Crippen LogP contribution in [-0.4, -0.2) is 16.0 Å². The number of hydrogen-bond acceptors (Lipinski definition) is 4. The van der Waals surface area contributed by atoms with Gasteiger partial charge in [-0.2, -0.15) is 0 Å². The highest BCUT2D eigenvalue weighted by molar-refractivity contribution is 9.10. The highest BCUT2D eigenvalue weighted by Gasteiger charge is 2.16. The maximum Gasteiger partial charge on any atom is 0.257 e. The van der Waals surface area contributed by atoms with E-state index < -0.39 is 11.6 Å². The molecule has 1 aromatic heterocycles. The zero-order valence-electron chi connectivity index (χ0n) is 15.4. The Balaban J connectivity index is 1.52. The zero-order valence-corrected chi connectivity index (χ0v) is 18.5. The molecule has 0 spiro atoms. The number of fused-ring (bicyclic) bond motifs is 1. The molecule has 0 aliphatic rings. The number of carbonyl (C=O) groups excluding carboxylic acids is 1.